The molecular weight excluding hydrogens is 957 g/mol. The van der Waals surface area contributed by atoms with E-state index in [1.165, 1.54) is 142 Å². The molecular formula is C64H74N2O2S4. The maximum absolute atomic E-state index is 14.3. The summed E-state index contributed by atoms with van der Waals surface area (Å²) in [5.74, 6) is -0.211. The minimum atomic E-state index is -0.105. The van der Waals surface area contributed by atoms with Crippen molar-refractivity contribution in [3.05, 3.63) is 115 Å². The molecule has 0 saturated heterocycles. The molecule has 0 saturated carbocycles. The molecule has 2 amide bonds. The molecule has 0 N–H and O–H groups in total. The van der Waals surface area contributed by atoms with Crippen molar-refractivity contribution < 1.29 is 9.59 Å². The van der Waals surface area contributed by atoms with E-state index in [4.69, 9.17) is 0 Å². The maximum Gasteiger partial charge on any atom is 0.261 e. The first-order valence-corrected chi connectivity index (χ1v) is 30.6. The van der Waals surface area contributed by atoms with E-state index in [9.17, 15) is 9.59 Å². The lowest BCUT2D eigenvalue weighted by Gasteiger charge is -2.27. The predicted octanol–water partition coefficient (Wildman–Crippen LogP) is 19.6. The zero-order valence-corrected chi connectivity index (χ0v) is 47.9. The van der Waals surface area contributed by atoms with E-state index in [0.29, 0.717) is 11.1 Å². The minimum absolute atomic E-state index is 0.0710. The Morgan fingerprint density at radius 3 is 1.54 bits per heavy atom. The fourth-order valence-corrected chi connectivity index (χ4v) is 16.7. The van der Waals surface area contributed by atoms with Crippen LogP contribution in [-0.4, -0.2) is 35.7 Å². The van der Waals surface area contributed by atoms with E-state index < -0.39 is 0 Å². The standard InChI is InChI=1S/C64H74N2O2S4/c1-11-16-20-22-33-63(6,7)54-38-46-48(71-54)28-26-42-44-35-39(23-18-13-3)55-41(43(44)36-40(56(42)46)24-19-14-4)25-27-47-45(55)37-52(69-47)49-29-30-50(70-49)59-57-58(62(68)65(59)9)60(66(10)61(57)67)51-31-32-53(72-51)64(8,15-5)34-21-17-12-2/h25-32,35-38H,11-24,33-34H2,1-10H3. The van der Waals surface area contributed by atoms with Gasteiger partial charge in [0.1, 0.15) is 0 Å². The zero-order valence-electron chi connectivity index (χ0n) is 44.6. The largest absolute Gasteiger partial charge is 0.309 e. The number of fused-ring (bicyclic) bond motifs is 10. The topological polar surface area (TPSA) is 40.6 Å². The van der Waals surface area contributed by atoms with Crippen LogP contribution in [-0.2, 0) is 33.3 Å². The van der Waals surface area contributed by atoms with E-state index in [1.807, 2.05) is 36.8 Å². The summed E-state index contributed by atoms with van der Waals surface area (Å²) in [5.41, 5.74) is 5.69. The van der Waals surface area contributed by atoms with Crippen molar-refractivity contribution in [3.8, 4) is 9.75 Å². The molecule has 0 fully saturated rings. The first-order valence-electron chi connectivity index (χ1n) is 27.3. The van der Waals surface area contributed by atoms with Gasteiger partial charge in [-0.1, -0.05) is 125 Å². The van der Waals surface area contributed by atoms with Gasteiger partial charge in [-0.3, -0.25) is 9.59 Å². The summed E-state index contributed by atoms with van der Waals surface area (Å²) in [5, 5.41) is 11.1. The molecule has 8 heteroatoms. The Bertz CT molecular complexity index is 3460. The molecule has 0 aliphatic carbocycles. The second-order valence-corrected chi connectivity index (χ2v) is 26.3. The number of thiophene rings is 4. The van der Waals surface area contributed by atoms with Crippen molar-refractivity contribution >= 4 is 121 Å². The third-order valence-electron chi connectivity index (χ3n) is 16.5. The van der Waals surface area contributed by atoms with Crippen LogP contribution < -0.4 is 0 Å². The second kappa shape index (κ2) is 20.6. The summed E-state index contributed by atoms with van der Waals surface area (Å²) >= 11 is 7.31. The average Bonchev–Trinajstić information content (AvgIpc) is 4.26. The van der Waals surface area contributed by atoms with Gasteiger partial charge in [0.2, 0.25) is 0 Å². The number of amides is 2. The predicted molar refractivity (Wildman–Crippen MR) is 318 cm³/mol. The number of benzene rings is 4. The van der Waals surface area contributed by atoms with Gasteiger partial charge in [-0.2, -0.15) is 0 Å². The van der Waals surface area contributed by atoms with Crippen LogP contribution in [0.15, 0.2) is 83.9 Å². The molecule has 6 heterocycles. The van der Waals surface area contributed by atoms with Crippen LogP contribution in [0.4, 0.5) is 0 Å². The molecule has 0 spiro atoms. The van der Waals surface area contributed by atoms with Gasteiger partial charge in [0.25, 0.3) is 11.8 Å². The Labute approximate surface area is 444 Å². The molecule has 1 atom stereocenters. The van der Waals surface area contributed by atoms with Gasteiger partial charge < -0.3 is 9.80 Å². The van der Waals surface area contributed by atoms with E-state index in [1.54, 1.807) is 32.5 Å². The van der Waals surface area contributed by atoms with E-state index in [0.717, 1.165) is 64.6 Å². The number of likely N-dealkylation sites (N-methyl/N-ethyl adjacent to an activating group) is 2. The van der Waals surface area contributed by atoms with Gasteiger partial charge in [-0.25, -0.2) is 0 Å². The van der Waals surface area contributed by atoms with Gasteiger partial charge in [-0.15, -0.1) is 45.3 Å². The van der Waals surface area contributed by atoms with Gasteiger partial charge in [0, 0.05) is 59.2 Å². The van der Waals surface area contributed by atoms with Crippen molar-refractivity contribution in [3.63, 3.8) is 0 Å². The Balaban J connectivity index is 1.06. The molecule has 4 aromatic heterocycles. The highest BCUT2D eigenvalue weighted by atomic mass is 32.1. The smallest absolute Gasteiger partial charge is 0.261 e. The third-order valence-corrected chi connectivity index (χ3v) is 21.8. The summed E-state index contributed by atoms with van der Waals surface area (Å²) in [6.45, 7) is 18.8. The SMILES string of the molecule is CCCCCCC(C)(C)c1cc2c(ccc3c4cc(CCCC)c5c6cc(-c7ccc(C8=C9C(=O)N(C)C(c%10ccc(C(C)(CC)CCCCC)s%10)=C9C(=O)N8C)s7)sc6ccc5c4cc(CCCC)c23)s1. The highest BCUT2D eigenvalue weighted by Crippen LogP contribution is 2.51. The molecule has 4 aromatic carbocycles. The summed E-state index contributed by atoms with van der Waals surface area (Å²) in [6, 6.07) is 28.5. The summed E-state index contributed by atoms with van der Waals surface area (Å²) in [7, 11) is 3.67. The normalized spacial score (nSPS) is 15.4. The number of carbonyl (C=O) groups excluding carboxylic acids is 2. The molecule has 0 bridgehead atoms. The molecule has 2 aliphatic heterocycles. The molecule has 8 aromatic rings. The van der Waals surface area contributed by atoms with Crippen LogP contribution in [0.3, 0.4) is 0 Å². The lowest BCUT2D eigenvalue weighted by molar-refractivity contribution is -0.123. The van der Waals surface area contributed by atoms with Gasteiger partial charge in [-0.05, 0) is 154 Å². The number of aryl methyl sites for hydroxylation is 2. The summed E-state index contributed by atoms with van der Waals surface area (Å²) in [4.78, 5) is 39.3. The van der Waals surface area contributed by atoms with Crippen LogP contribution in [0.2, 0.25) is 0 Å². The van der Waals surface area contributed by atoms with Gasteiger partial charge in [0.15, 0.2) is 0 Å². The van der Waals surface area contributed by atoms with Crippen molar-refractivity contribution in [1.82, 2.24) is 9.80 Å². The van der Waals surface area contributed by atoms with E-state index in [-0.39, 0.29) is 22.6 Å². The lowest BCUT2D eigenvalue weighted by Crippen LogP contribution is -2.24. The molecule has 10 rings (SSSR count). The molecule has 4 nitrogen and oxygen atoms in total. The fourth-order valence-electron chi connectivity index (χ4n) is 11.9. The Morgan fingerprint density at radius 2 is 0.958 bits per heavy atom. The second-order valence-electron chi connectivity index (χ2n) is 22.0. The number of unbranched alkanes of at least 4 members (excludes halogenated alkanes) is 7. The van der Waals surface area contributed by atoms with E-state index >= 15 is 0 Å². The van der Waals surface area contributed by atoms with Gasteiger partial charge in [0.05, 0.1) is 32.3 Å². The van der Waals surface area contributed by atoms with E-state index in [2.05, 4.69) is 128 Å². The molecule has 72 heavy (non-hydrogen) atoms. The number of hydrogen-bond donors (Lipinski definition) is 0. The number of nitrogens with zero attached hydrogens (tertiary/aromatic N) is 2. The number of carbonyl (C=O) groups is 2. The van der Waals surface area contributed by atoms with Crippen LogP contribution in [0.25, 0.3) is 73.6 Å². The zero-order chi connectivity index (χ0) is 50.6. The lowest BCUT2D eigenvalue weighted by atomic mass is 9.81. The molecule has 2 aliphatic rings. The maximum atomic E-state index is 14.3. The first kappa shape index (κ1) is 50.9. The Kier molecular flexibility index (Phi) is 14.6. The van der Waals surface area contributed by atoms with Crippen molar-refractivity contribution in [2.24, 2.45) is 0 Å². The summed E-state index contributed by atoms with van der Waals surface area (Å²) in [6.07, 6.45) is 19.0. The average molecular weight is 1030 g/mol. The highest BCUT2D eigenvalue weighted by molar-refractivity contribution is 7.26. The minimum Gasteiger partial charge on any atom is -0.309 e. The highest BCUT2D eigenvalue weighted by Gasteiger charge is 2.47. The molecule has 0 radical (unpaired) electrons. The Morgan fingerprint density at radius 1 is 0.444 bits per heavy atom. The van der Waals surface area contributed by atoms with Crippen LogP contribution >= 0.6 is 45.3 Å². The van der Waals surface area contributed by atoms with Crippen LogP contribution in [0.1, 0.15) is 176 Å². The molecule has 1 unspecified atom stereocenters. The fraction of sp³-hybridized carbons (Fsp3) is 0.438. The molecule has 376 valence electrons. The van der Waals surface area contributed by atoms with Crippen LogP contribution in [0, 0.1) is 0 Å². The monoisotopic (exact) mass is 1030 g/mol. The third kappa shape index (κ3) is 8.82. The quantitative estimate of drug-likeness (QED) is 0.0531. The van der Waals surface area contributed by atoms with Crippen molar-refractivity contribution in [1.29, 1.82) is 0 Å². The number of rotatable bonds is 21. The van der Waals surface area contributed by atoms with Crippen molar-refractivity contribution in [2.75, 3.05) is 14.1 Å². The number of hydrogen-bond acceptors (Lipinski definition) is 6. The van der Waals surface area contributed by atoms with Crippen molar-refractivity contribution in [2.45, 2.75) is 169 Å². The van der Waals surface area contributed by atoms with Gasteiger partial charge >= 0.3 is 0 Å². The van der Waals surface area contributed by atoms with Crippen LogP contribution in [0.5, 0.6) is 0 Å². The first-order chi connectivity index (χ1) is 34.8. The Hall–Kier alpha value is -4.60. The summed E-state index contributed by atoms with van der Waals surface area (Å²) < 4.78 is 2.71.